The highest BCUT2D eigenvalue weighted by Gasteiger charge is 2.20. The van der Waals surface area contributed by atoms with Crippen molar-refractivity contribution in [2.24, 2.45) is 10.7 Å². The monoisotopic (exact) mass is 263 g/mol. The number of nitrogens with zero attached hydrogens (tertiary/aromatic N) is 2. The molecule has 0 unspecified atom stereocenters. The molecule has 2 N–H and O–H groups in total. The van der Waals surface area contributed by atoms with Crippen molar-refractivity contribution in [2.45, 2.75) is 41.0 Å². The lowest BCUT2D eigenvalue weighted by molar-refractivity contribution is -0.117. The molecule has 0 radical (unpaired) electrons. The van der Waals surface area contributed by atoms with Crippen LogP contribution in [0.4, 0.5) is 0 Å². The zero-order chi connectivity index (χ0) is 14.8. The summed E-state index contributed by atoms with van der Waals surface area (Å²) in [6.45, 7) is 10.7. The summed E-state index contributed by atoms with van der Waals surface area (Å²) in [5, 5.41) is 0. The SMILES string of the molecule is CC.CC.CC1=CCN=C2C(CC(N)=O)=CC=CN12. The third kappa shape index (κ3) is 4.73. The van der Waals surface area contributed by atoms with Gasteiger partial charge in [0, 0.05) is 17.5 Å². The van der Waals surface area contributed by atoms with E-state index in [0.717, 1.165) is 17.1 Å². The third-order valence-corrected chi connectivity index (χ3v) is 2.42. The van der Waals surface area contributed by atoms with Crippen LogP contribution in [0.1, 0.15) is 41.0 Å². The molecule has 0 saturated carbocycles. The molecule has 0 aromatic carbocycles. The van der Waals surface area contributed by atoms with Crippen molar-refractivity contribution in [1.29, 1.82) is 0 Å². The van der Waals surface area contributed by atoms with Crippen LogP contribution in [-0.2, 0) is 4.79 Å². The average molecular weight is 263 g/mol. The molecule has 19 heavy (non-hydrogen) atoms. The Morgan fingerprint density at radius 2 is 2.00 bits per heavy atom. The lowest BCUT2D eigenvalue weighted by Gasteiger charge is -2.29. The number of primary amides is 1. The highest BCUT2D eigenvalue weighted by atomic mass is 16.1. The van der Waals surface area contributed by atoms with Crippen molar-refractivity contribution in [3.8, 4) is 0 Å². The topological polar surface area (TPSA) is 58.7 Å². The predicted molar refractivity (Wildman–Crippen MR) is 81.6 cm³/mol. The number of aliphatic imine (C=N–C) groups is 1. The molecule has 0 spiro atoms. The highest BCUT2D eigenvalue weighted by Crippen LogP contribution is 2.21. The molecule has 0 fully saturated rings. The van der Waals surface area contributed by atoms with Gasteiger partial charge in [0.05, 0.1) is 13.0 Å². The van der Waals surface area contributed by atoms with Crippen LogP contribution in [0.2, 0.25) is 0 Å². The van der Waals surface area contributed by atoms with Crippen molar-refractivity contribution < 1.29 is 4.79 Å². The van der Waals surface area contributed by atoms with Crippen LogP contribution in [0.3, 0.4) is 0 Å². The maximum atomic E-state index is 10.9. The molecule has 0 bridgehead atoms. The highest BCUT2D eigenvalue weighted by molar-refractivity contribution is 6.05. The number of fused-ring (bicyclic) bond motifs is 1. The van der Waals surface area contributed by atoms with Gasteiger partial charge in [-0.05, 0) is 19.1 Å². The molecule has 0 saturated heterocycles. The average Bonchev–Trinajstić information content (AvgIpc) is 2.44. The number of carbonyl (C=O) groups is 1. The normalized spacial score (nSPS) is 15.6. The number of nitrogens with two attached hydrogens (primary N) is 1. The van der Waals surface area contributed by atoms with Crippen LogP contribution < -0.4 is 5.73 Å². The van der Waals surface area contributed by atoms with Crippen molar-refractivity contribution >= 4 is 11.7 Å². The number of hydrogen-bond donors (Lipinski definition) is 1. The second kappa shape index (κ2) is 9.14. The van der Waals surface area contributed by atoms with Crippen LogP contribution in [0.5, 0.6) is 0 Å². The molecular formula is C15H25N3O. The maximum absolute atomic E-state index is 10.9. The van der Waals surface area contributed by atoms with Gasteiger partial charge in [-0.3, -0.25) is 9.79 Å². The molecule has 2 heterocycles. The summed E-state index contributed by atoms with van der Waals surface area (Å²) >= 11 is 0. The number of allylic oxidation sites excluding steroid dienone is 3. The largest absolute Gasteiger partial charge is 0.369 e. The van der Waals surface area contributed by atoms with Gasteiger partial charge in [0.15, 0.2) is 0 Å². The number of rotatable bonds is 2. The summed E-state index contributed by atoms with van der Waals surface area (Å²) in [6, 6.07) is 0. The predicted octanol–water partition coefficient (Wildman–Crippen LogP) is 2.99. The quantitative estimate of drug-likeness (QED) is 0.832. The Morgan fingerprint density at radius 3 is 2.58 bits per heavy atom. The Hall–Kier alpha value is -1.84. The molecule has 0 aromatic heterocycles. The van der Waals surface area contributed by atoms with E-state index in [1.165, 1.54) is 0 Å². The molecule has 0 atom stereocenters. The van der Waals surface area contributed by atoms with E-state index < -0.39 is 0 Å². The first kappa shape index (κ1) is 17.2. The minimum atomic E-state index is -0.327. The fourth-order valence-corrected chi connectivity index (χ4v) is 1.70. The smallest absolute Gasteiger partial charge is 0.221 e. The summed E-state index contributed by atoms with van der Waals surface area (Å²) in [7, 11) is 0. The summed E-state index contributed by atoms with van der Waals surface area (Å²) in [5.41, 5.74) is 7.21. The molecule has 2 rings (SSSR count). The molecule has 4 nitrogen and oxygen atoms in total. The summed E-state index contributed by atoms with van der Waals surface area (Å²) in [4.78, 5) is 17.2. The zero-order valence-corrected chi connectivity index (χ0v) is 12.6. The molecule has 1 amide bonds. The molecule has 2 aliphatic heterocycles. The standard InChI is InChI=1S/C11H13N3O.2C2H6/c1-8-4-5-13-11-9(7-10(12)15)3-2-6-14(8)11;2*1-2/h2-4,6H,5,7H2,1H3,(H2,12,15);2*1-2H3. The third-order valence-electron chi connectivity index (χ3n) is 2.42. The van der Waals surface area contributed by atoms with E-state index in [4.69, 9.17) is 5.73 Å². The van der Waals surface area contributed by atoms with Gasteiger partial charge < -0.3 is 10.6 Å². The van der Waals surface area contributed by atoms with Crippen LogP contribution in [-0.4, -0.2) is 23.2 Å². The van der Waals surface area contributed by atoms with Crippen molar-refractivity contribution in [1.82, 2.24) is 4.90 Å². The van der Waals surface area contributed by atoms with E-state index in [1.807, 2.05) is 63.9 Å². The first-order valence-corrected chi connectivity index (χ1v) is 6.85. The van der Waals surface area contributed by atoms with Gasteiger partial charge in [-0.2, -0.15) is 0 Å². The maximum Gasteiger partial charge on any atom is 0.221 e. The Balaban J connectivity index is 0.000000741. The molecular weight excluding hydrogens is 238 g/mol. The van der Waals surface area contributed by atoms with E-state index >= 15 is 0 Å². The van der Waals surface area contributed by atoms with Gasteiger partial charge >= 0.3 is 0 Å². The molecule has 106 valence electrons. The lowest BCUT2D eigenvalue weighted by atomic mass is 10.1. The summed E-state index contributed by atoms with van der Waals surface area (Å²) < 4.78 is 0. The molecule has 2 aliphatic rings. The minimum Gasteiger partial charge on any atom is -0.369 e. The van der Waals surface area contributed by atoms with Gasteiger partial charge in [0.25, 0.3) is 0 Å². The Kier molecular flexibility index (Phi) is 8.25. The number of carbonyl (C=O) groups excluding carboxylic acids is 1. The second-order valence-corrected chi connectivity index (χ2v) is 3.56. The summed E-state index contributed by atoms with van der Waals surface area (Å²) in [6.07, 6.45) is 8.01. The van der Waals surface area contributed by atoms with Crippen molar-refractivity contribution in [3.63, 3.8) is 0 Å². The van der Waals surface area contributed by atoms with Gasteiger partial charge in [0.2, 0.25) is 5.91 Å². The van der Waals surface area contributed by atoms with E-state index in [9.17, 15) is 4.79 Å². The Bertz CT molecular complexity index is 417. The number of amides is 1. The fraction of sp³-hybridized carbons (Fsp3) is 0.467. The van der Waals surface area contributed by atoms with Gasteiger partial charge in [0.1, 0.15) is 5.84 Å². The Labute approximate surface area is 116 Å². The second-order valence-electron chi connectivity index (χ2n) is 3.56. The fourth-order valence-electron chi connectivity index (χ4n) is 1.70. The van der Waals surface area contributed by atoms with Crippen LogP contribution in [0, 0.1) is 0 Å². The minimum absolute atomic E-state index is 0.243. The number of amidine groups is 1. The van der Waals surface area contributed by atoms with Crippen LogP contribution >= 0.6 is 0 Å². The van der Waals surface area contributed by atoms with E-state index in [0.29, 0.717) is 6.54 Å². The van der Waals surface area contributed by atoms with Crippen molar-refractivity contribution in [2.75, 3.05) is 6.54 Å². The van der Waals surface area contributed by atoms with E-state index in [-0.39, 0.29) is 12.3 Å². The first-order chi connectivity index (χ1) is 9.18. The van der Waals surface area contributed by atoms with E-state index in [2.05, 4.69) is 4.99 Å². The van der Waals surface area contributed by atoms with Crippen LogP contribution in [0.25, 0.3) is 0 Å². The lowest BCUT2D eigenvalue weighted by Crippen LogP contribution is -2.32. The number of hydrogen-bond acceptors (Lipinski definition) is 3. The molecule has 4 heteroatoms. The Morgan fingerprint density at radius 1 is 1.37 bits per heavy atom. The molecule has 0 aliphatic carbocycles. The van der Waals surface area contributed by atoms with Crippen molar-refractivity contribution in [3.05, 3.63) is 35.7 Å². The zero-order valence-electron chi connectivity index (χ0n) is 12.6. The van der Waals surface area contributed by atoms with E-state index in [1.54, 1.807) is 0 Å². The van der Waals surface area contributed by atoms with Crippen LogP contribution in [0.15, 0.2) is 40.7 Å². The van der Waals surface area contributed by atoms with Gasteiger partial charge in [-0.1, -0.05) is 33.8 Å². The summed E-state index contributed by atoms with van der Waals surface area (Å²) in [5.74, 6) is 0.516. The first-order valence-electron chi connectivity index (χ1n) is 6.85. The van der Waals surface area contributed by atoms with Gasteiger partial charge in [-0.15, -0.1) is 0 Å². The van der Waals surface area contributed by atoms with Gasteiger partial charge in [-0.25, -0.2) is 0 Å². The molecule has 0 aromatic rings.